The second kappa shape index (κ2) is 8.75. The first-order valence-corrected chi connectivity index (χ1v) is 9.09. The Labute approximate surface area is 156 Å². The number of hydrogen-bond acceptors (Lipinski definition) is 3. The van der Waals surface area contributed by atoms with Crippen molar-refractivity contribution in [3.8, 4) is 11.5 Å². The molecule has 2 atom stereocenters. The molecule has 0 fully saturated rings. The van der Waals surface area contributed by atoms with Crippen LogP contribution < -0.4 is 14.8 Å². The second-order valence-electron chi connectivity index (χ2n) is 6.70. The van der Waals surface area contributed by atoms with Crippen LogP contribution in [0, 0.1) is 20.8 Å². The molecule has 0 saturated carbocycles. The molecule has 0 saturated heterocycles. The van der Waals surface area contributed by atoms with E-state index in [9.17, 15) is 4.79 Å². The lowest BCUT2D eigenvalue weighted by atomic mass is 10.1. The van der Waals surface area contributed by atoms with Gasteiger partial charge in [0.25, 0.3) is 5.91 Å². The molecule has 0 aliphatic rings. The van der Waals surface area contributed by atoms with Crippen molar-refractivity contribution in [2.24, 2.45) is 0 Å². The van der Waals surface area contributed by atoms with Crippen molar-refractivity contribution in [3.05, 3.63) is 58.7 Å². The number of rotatable bonds is 7. The average Bonchev–Trinajstić information content (AvgIpc) is 2.60. The minimum atomic E-state index is -0.569. The van der Waals surface area contributed by atoms with Crippen LogP contribution in [0.25, 0.3) is 0 Å². The van der Waals surface area contributed by atoms with Gasteiger partial charge in [-0.2, -0.15) is 0 Å². The summed E-state index contributed by atoms with van der Waals surface area (Å²) in [6, 6.07) is 11.7. The van der Waals surface area contributed by atoms with Gasteiger partial charge in [0.15, 0.2) is 6.10 Å². The number of hydrogen-bond donors (Lipinski definition) is 1. The highest BCUT2D eigenvalue weighted by atomic mass is 16.5. The lowest BCUT2D eigenvalue weighted by Crippen LogP contribution is -2.37. The van der Waals surface area contributed by atoms with E-state index in [1.165, 1.54) is 0 Å². The van der Waals surface area contributed by atoms with E-state index in [1.54, 1.807) is 6.92 Å². The van der Waals surface area contributed by atoms with Gasteiger partial charge in [-0.1, -0.05) is 18.2 Å². The predicted octanol–water partition coefficient (Wildman–Crippen LogP) is 4.66. The van der Waals surface area contributed by atoms with Gasteiger partial charge < -0.3 is 14.8 Å². The van der Waals surface area contributed by atoms with Crippen LogP contribution in [0.2, 0.25) is 0 Å². The van der Waals surface area contributed by atoms with Crippen LogP contribution in [0.3, 0.4) is 0 Å². The summed E-state index contributed by atoms with van der Waals surface area (Å²) in [5.41, 5.74) is 4.38. The van der Waals surface area contributed by atoms with Crippen LogP contribution in [0.4, 0.5) is 0 Å². The molecule has 0 aliphatic heterocycles. The quantitative estimate of drug-likeness (QED) is 0.786. The van der Waals surface area contributed by atoms with E-state index in [1.807, 2.05) is 65.0 Å². The molecule has 4 heteroatoms. The maximum absolute atomic E-state index is 12.5. The van der Waals surface area contributed by atoms with E-state index in [0.29, 0.717) is 6.61 Å². The lowest BCUT2D eigenvalue weighted by Gasteiger charge is -2.21. The first kappa shape index (κ1) is 19.8. The van der Waals surface area contributed by atoms with Gasteiger partial charge >= 0.3 is 0 Å². The Morgan fingerprint density at radius 1 is 1.08 bits per heavy atom. The van der Waals surface area contributed by atoms with Crippen molar-refractivity contribution in [2.75, 3.05) is 6.61 Å². The first-order valence-electron chi connectivity index (χ1n) is 9.09. The highest BCUT2D eigenvalue weighted by Gasteiger charge is 2.19. The zero-order valence-corrected chi connectivity index (χ0v) is 16.6. The fourth-order valence-electron chi connectivity index (χ4n) is 2.80. The van der Waals surface area contributed by atoms with Crippen molar-refractivity contribution in [1.29, 1.82) is 0 Å². The molecule has 0 aliphatic carbocycles. The standard InChI is InChI=1S/C22H29NO3/c1-7-25-20-10-8-19(9-11-20)17(5)23-22(24)18(6)26-21-13-14(2)12-15(3)16(21)4/h8-13,17-18H,7H2,1-6H3,(H,23,24)/t17-,18-/m0/s1. The molecule has 4 nitrogen and oxygen atoms in total. The fraction of sp³-hybridized carbons (Fsp3) is 0.409. The maximum Gasteiger partial charge on any atom is 0.261 e. The van der Waals surface area contributed by atoms with E-state index < -0.39 is 6.10 Å². The number of amides is 1. The highest BCUT2D eigenvalue weighted by Crippen LogP contribution is 2.24. The Balaban J connectivity index is 2.00. The summed E-state index contributed by atoms with van der Waals surface area (Å²) in [5.74, 6) is 1.46. The van der Waals surface area contributed by atoms with Crippen LogP contribution in [-0.4, -0.2) is 18.6 Å². The average molecular weight is 355 g/mol. The summed E-state index contributed by atoms with van der Waals surface area (Å²) in [7, 11) is 0. The molecule has 0 heterocycles. The van der Waals surface area contributed by atoms with Gasteiger partial charge in [-0.05, 0) is 82.0 Å². The molecule has 2 rings (SSSR count). The second-order valence-corrected chi connectivity index (χ2v) is 6.70. The number of carbonyl (C=O) groups excluding carboxylic acids is 1. The van der Waals surface area contributed by atoms with Crippen LogP contribution in [-0.2, 0) is 4.79 Å². The summed E-state index contributed by atoms with van der Waals surface area (Å²) >= 11 is 0. The number of aryl methyl sites for hydroxylation is 2. The number of carbonyl (C=O) groups is 1. The lowest BCUT2D eigenvalue weighted by molar-refractivity contribution is -0.127. The molecule has 1 N–H and O–H groups in total. The third kappa shape index (κ3) is 5.01. The molecule has 1 amide bonds. The Bertz CT molecular complexity index is 753. The molecule has 140 valence electrons. The van der Waals surface area contributed by atoms with E-state index in [-0.39, 0.29) is 11.9 Å². The van der Waals surface area contributed by atoms with E-state index in [2.05, 4.69) is 11.4 Å². The molecule has 0 radical (unpaired) electrons. The summed E-state index contributed by atoms with van der Waals surface area (Å²) in [6.07, 6.45) is -0.569. The summed E-state index contributed by atoms with van der Waals surface area (Å²) in [5, 5.41) is 3.01. The van der Waals surface area contributed by atoms with Crippen molar-refractivity contribution in [3.63, 3.8) is 0 Å². The molecular weight excluding hydrogens is 326 g/mol. The molecule has 0 unspecified atom stereocenters. The molecule has 2 aromatic carbocycles. The van der Waals surface area contributed by atoms with Gasteiger partial charge in [0.1, 0.15) is 11.5 Å². The van der Waals surface area contributed by atoms with Crippen LogP contribution in [0.15, 0.2) is 36.4 Å². The third-order valence-corrected chi connectivity index (χ3v) is 4.49. The molecule has 0 spiro atoms. The zero-order valence-electron chi connectivity index (χ0n) is 16.6. The molecule has 26 heavy (non-hydrogen) atoms. The number of nitrogens with one attached hydrogen (secondary N) is 1. The molecule has 2 aromatic rings. The maximum atomic E-state index is 12.5. The molecule has 0 aromatic heterocycles. The minimum absolute atomic E-state index is 0.107. The van der Waals surface area contributed by atoms with Gasteiger partial charge in [0.2, 0.25) is 0 Å². The summed E-state index contributed by atoms with van der Waals surface area (Å²) < 4.78 is 11.4. The third-order valence-electron chi connectivity index (χ3n) is 4.49. The van der Waals surface area contributed by atoms with Gasteiger partial charge in [-0.25, -0.2) is 0 Å². The Hall–Kier alpha value is -2.49. The van der Waals surface area contributed by atoms with Crippen LogP contribution >= 0.6 is 0 Å². The fourth-order valence-corrected chi connectivity index (χ4v) is 2.80. The Kier molecular flexibility index (Phi) is 6.67. The number of ether oxygens (including phenoxy) is 2. The summed E-state index contributed by atoms with van der Waals surface area (Å²) in [4.78, 5) is 12.5. The minimum Gasteiger partial charge on any atom is -0.494 e. The Morgan fingerprint density at radius 2 is 1.73 bits per heavy atom. The SMILES string of the molecule is CCOc1ccc([C@H](C)NC(=O)[C@H](C)Oc2cc(C)cc(C)c2C)cc1. The zero-order chi connectivity index (χ0) is 19.3. The van der Waals surface area contributed by atoms with Crippen molar-refractivity contribution >= 4 is 5.91 Å². The topological polar surface area (TPSA) is 47.6 Å². The van der Waals surface area contributed by atoms with Gasteiger partial charge in [-0.15, -0.1) is 0 Å². The largest absolute Gasteiger partial charge is 0.494 e. The summed E-state index contributed by atoms with van der Waals surface area (Å²) in [6.45, 7) is 12.4. The van der Waals surface area contributed by atoms with Gasteiger partial charge in [0.05, 0.1) is 12.6 Å². The van der Waals surface area contributed by atoms with E-state index in [4.69, 9.17) is 9.47 Å². The van der Waals surface area contributed by atoms with Gasteiger partial charge in [-0.3, -0.25) is 4.79 Å². The van der Waals surface area contributed by atoms with E-state index >= 15 is 0 Å². The van der Waals surface area contributed by atoms with Gasteiger partial charge in [0, 0.05) is 0 Å². The highest BCUT2D eigenvalue weighted by molar-refractivity contribution is 5.81. The monoisotopic (exact) mass is 355 g/mol. The van der Waals surface area contributed by atoms with E-state index in [0.717, 1.165) is 33.8 Å². The Morgan fingerprint density at radius 3 is 2.35 bits per heavy atom. The van der Waals surface area contributed by atoms with Crippen molar-refractivity contribution in [1.82, 2.24) is 5.32 Å². The van der Waals surface area contributed by atoms with Crippen LogP contribution in [0.5, 0.6) is 11.5 Å². The number of benzene rings is 2. The molecular formula is C22H29NO3. The predicted molar refractivity (Wildman–Crippen MR) is 105 cm³/mol. The van der Waals surface area contributed by atoms with Crippen molar-refractivity contribution in [2.45, 2.75) is 53.7 Å². The van der Waals surface area contributed by atoms with Crippen molar-refractivity contribution < 1.29 is 14.3 Å². The first-order chi connectivity index (χ1) is 12.3. The smallest absolute Gasteiger partial charge is 0.261 e. The van der Waals surface area contributed by atoms with Crippen LogP contribution in [0.1, 0.15) is 49.1 Å². The molecule has 0 bridgehead atoms. The normalized spacial score (nSPS) is 13.0.